The van der Waals surface area contributed by atoms with Crippen LogP contribution >= 0.6 is 15.9 Å². The van der Waals surface area contributed by atoms with E-state index in [2.05, 4.69) is 49.9 Å². The number of hydrogen-bond acceptors (Lipinski definition) is 3. The number of aliphatic imine (C=N–C) groups is 1. The van der Waals surface area contributed by atoms with Crippen molar-refractivity contribution in [1.82, 2.24) is 4.98 Å². The van der Waals surface area contributed by atoms with Crippen LogP contribution in [0.2, 0.25) is 0 Å². The molecule has 0 saturated heterocycles. The van der Waals surface area contributed by atoms with Crippen LogP contribution in [-0.4, -0.2) is 24.9 Å². The summed E-state index contributed by atoms with van der Waals surface area (Å²) in [5.41, 5.74) is 3.05. The number of hydrogen-bond donors (Lipinski definition) is 0. The maximum atomic E-state index is 6.03. The molecule has 1 unspecified atom stereocenters. The molecule has 2 aromatic rings. The largest absolute Gasteiger partial charge is 0.469 e. The molecule has 1 aromatic carbocycles. The van der Waals surface area contributed by atoms with E-state index in [1.54, 1.807) is 7.05 Å². The number of aryl methyl sites for hydroxylation is 1. The predicted octanol–water partition coefficient (Wildman–Crippen LogP) is 4.78. The molecule has 0 N–H and O–H groups in total. The summed E-state index contributed by atoms with van der Waals surface area (Å²) in [6.45, 7) is 6.91. The Morgan fingerprint density at radius 2 is 2.04 bits per heavy atom. The van der Waals surface area contributed by atoms with E-state index in [4.69, 9.17) is 4.74 Å². The maximum absolute atomic E-state index is 6.03. The fourth-order valence-corrected chi connectivity index (χ4v) is 2.73. The van der Waals surface area contributed by atoms with E-state index in [0.717, 1.165) is 28.0 Å². The van der Waals surface area contributed by atoms with Crippen LogP contribution < -0.4 is 9.64 Å². The minimum atomic E-state index is -0.0651. The number of rotatable bonds is 6. The van der Waals surface area contributed by atoms with Gasteiger partial charge in [-0.05, 0) is 48.3 Å². The third-order valence-electron chi connectivity index (χ3n) is 3.57. The number of nitrogens with zero attached hydrogens (tertiary/aromatic N) is 3. The molecule has 0 aliphatic heterocycles. The van der Waals surface area contributed by atoms with E-state index in [9.17, 15) is 0 Å². The summed E-state index contributed by atoms with van der Waals surface area (Å²) in [6, 6.07) is 12.1. The molecule has 23 heavy (non-hydrogen) atoms. The van der Waals surface area contributed by atoms with Crippen molar-refractivity contribution >= 4 is 28.0 Å². The zero-order valence-corrected chi connectivity index (χ0v) is 15.5. The van der Waals surface area contributed by atoms with Crippen molar-refractivity contribution in [2.45, 2.75) is 26.9 Å². The Morgan fingerprint density at radius 3 is 2.65 bits per heavy atom. The van der Waals surface area contributed by atoms with Crippen molar-refractivity contribution < 1.29 is 4.74 Å². The van der Waals surface area contributed by atoms with Gasteiger partial charge in [0.15, 0.2) is 0 Å². The second-order valence-electron chi connectivity index (χ2n) is 5.21. The molecule has 0 radical (unpaired) electrons. The van der Waals surface area contributed by atoms with Gasteiger partial charge in [-0.1, -0.05) is 30.3 Å². The van der Waals surface area contributed by atoms with Crippen molar-refractivity contribution in [3.63, 3.8) is 0 Å². The highest BCUT2D eigenvalue weighted by Gasteiger charge is 2.15. The van der Waals surface area contributed by atoms with E-state index in [1.807, 2.05) is 44.5 Å². The first kappa shape index (κ1) is 17.5. The molecular weight excluding hydrogens is 354 g/mol. The lowest BCUT2D eigenvalue weighted by molar-refractivity contribution is 0.215. The van der Waals surface area contributed by atoms with Gasteiger partial charge in [0.2, 0.25) is 5.88 Å². The predicted molar refractivity (Wildman–Crippen MR) is 99.6 cm³/mol. The normalized spacial score (nSPS) is 12.4. The van der Waals surface area contributed by atoms with Gasteiger partial charge in [-0.25, -0.2) is 4.98 Å². The van der Waals surface area contributed by atoms with Crippen LogP contribution in [-0.2, 0) is 0 Å². The van der Waals surface area contributed by atoms with Crippen LogP contribution in [0.5, 0.6) is 5.88 Å². The highest BCUT2D eigenvalue weighted by Crippen LogP contribution is 2.32. The lowest BCUT2D eigenvalue weighted by atomic mass is 10.1. The number of pyridine rings is 1. The molecule has 0 fully saturated rings. The molecular formula is C18H22BrN3O. The first-order valence-corrected chi connectivity index (χ1v) is 8.43. The highest BCUT2D eigenvalue weighted by atomic mass is 79.9. The van der Waals surface area contributed by atoms with Crippen molar-refractivity contribution in [3.05, 3.63) is 52.1 Å². The first-order chi connectivity index (χ1) is 11.1. The summed E-state index contributed by atoms with van der Waals surface area (Å²) >= 11 is 3.57. The van der Waals surface area contributed by atoms with Crippen molar-refractivity contribution in [2.75, 3.05) is 18.5 Å². The Kier molecular flexibility index (Phi) is 6.16. The number of halogens is 1. The fraction of sp³-hybridized carbons (Fsp3) is 0.333. The van der Waals surface area contributed by atoms with Gasteiger partial charge in [0, 0.05) is 13.6 Å². The van der Waals surface area contributed by atoms with Crippen LogP contribution in [0.3, 0.4) is 0 Å². The highest BCUT2D eigenvalue weighted by molar-refractivity contribution is 9.10. The van der Waals surface area contributed by atoms with Crippen LogP contribution in [0.15, 0.2) is 45.9 Å². The van der Waals surface area contributed by atoms with Crippen molar-refractivity contribution in [3.8, 4) is 5.88 Å². The van der Waals surface area contributed by atoms with E-state index in [-0.39, 0.29) is 6.10 Å². The van der Waals surface area contributed by atoms with Crippen LogP contribution in [0.25, 0.3) is 0 Å². The lowest BCUT2D eigenvalue weighted by Gasteiger charge is -2.21. The van der Waals surface area contributed by atoms with Gasteiger partial charge in [-0.2, -0.15) is 0 Å². The standard InChI is InChI=1S/C18H22BrN3O/c1-5-22(12-20-4)17-11-16(19)18(21-13(17)2)23-14(3)15-9-7-6-8-10-15/h6-12,14H,5H2,1-4H3. The smallest absolute Gasteiger partial charge is 0.228 e. The number of aromatic nitrogens is 1. The Hall–Kier alpha value is -1.88. The Bertz CT molecular complexity index is 673. The summed E-state index contributed by atoms with van der Waals surface area (Å²) in [6.07, 6.45) is 1.74. The summed E-state index contributed by atoms with van der Waals surface area (Å²) in [4.78, 5) is 10.8. The molecule has 1 heterocycles. The second kappa shape index (κ2) is 8.11. The number of anilines is 1. The summed E-state index contributed by atoms with van der Waals surface area (Å²) in [5.74, 6) is 0.604. The monoisotopic (exact) mass is 375 g/mol. The van der Waals surface area contributed by atoms with Gasteiger partial charge in [0.25, 0.3) is 0 Å². The lowest BCUT2D eigenvalue weighted by Crippen LogP contribution is -2.22. The molecule has 0 bridgehead atoms. The molecule has 4 nitrogen and oxygen atoms in total. The fourth-order valence-electron chi connectivity index (χ4n) is 2.34. The summed E-state index contributed by atoms with van der Waals surface area (Å²) < 4.78 is 6.87. The zero-order chi connectivity index (χ0) is 16.8. The van der Waals surface area contributed by atoms with Gasteiger partial charge in [0.1, 0.15) is 6.10 Å². The second-order valence-corrected chi connectivity index (χ2v) is 6.06. The molecule has 0 amide bonds. The summed E-state index contributed by atoms with van der Waals surface area (Å²) in [7, 11) is 1.76. The molecule has 0 aliphatic carbocycles. The Morgan fingerprint density at radius 1 is 1.35 bits per heavy atom. The van der Waals surface area contributed by atoms with Crippen molar-refractivity contribution in [1.29, 1.82) is 0 Å². The van der Waals surface area contributed by atoms with Crippen molar-refractivity contribution in [2.24, 2.45) is 4.99 Å². The SMILES string of the molecule is CCN(C=NC)c1cc(Br)c(OC(C)c2ccccc2)nc1C. The van der Waals surface area contributed by atoms with E-state index in [1.165, 1.54) is 0 Å². The van der Waals surface area contributed by atoms with Gasteiger partial charge in [0.05, 0.1) is 22.2 Å². The maximum Gasteiger partial charge on any atom is 0.228 e. The molecule has 2 rings (SSSR count). The van der Waals surface area contributed by atoms with E-state index in [0.29, 0.717) is 5.88 Å². The van der Waals surface area contributed by atoms with E-state index >= 15 is 0 Å². The summed E-state index contributed by atoms with van der Waals surface area (Å²) in [5, 5.41) is 0. The molecule has 1 atom stereocenters. The third kappa shape index (κ3) is 4.32. The van der Waals surface area contributed by atoms with Crippen LogP contribution in [0.4, 0.5) is 5.69 Å². The van der Waals surface area contributed by atoms with E-state index < -0.39 is 0 Å². The minimum Gasteiger partial charge on any atom is -0.469 e. The van der Waals surface area contributed by atoms with Gasteiger partial charge in [-0.3, -0.25) is 4.99 Å². The topological polar surface area (TPSA) is 37.7 Å². The van der Waals surface area contributed by atoms with Crippen LogP contribution in [0, 0.1) is 6.92 Å². The minimum absolute atomic E-state index is 0.0651. The molecule has 0 aliphatic rings. The third-order valence-corrected chi connectivity index (χ3v) is 4.14. The number of benzene rings is 1. The number of ether oxygens (including phenoxy) is 1. The molecule has 0 saturated carbocycles. The van der Waals surface area contributed by atoms with Gasteiger partial charge in [-0.15, -0.1) is 0 Å². The Balaban J connectivity index is 2.26. The molecule has 0 spiro atoms. The van der Waals surface area contributed by atoms with Crippen LogP contribution in [0.1, 0.15) is 31.2 Å². The quantitative estimate of drug-likeness (QED) is 0.538. The van der Waals surface area contributed by atoms with Gasteiger partial charge < -0.3 is 9.64 Å². The Labute approximate surface area is 146 Å². The molecule has 5 heteroatoms. The van der Waals surface area contributed by atoms with Gasteiger partial charge >= 0.3 is 0 Å². The molecule has 122 valence electrons. The zero-order valence-electron chi connectivity index (χ0n) is 14.0. The molecule has 1 aromatic heterocycles. The average Bonchev–Trinajstić information content (AvgIpc) is 2.56. The first-order valence-electron chi connectivity index (χ1n) is 7.64. The average molecular weight is 376 g/mol.